The first kappa shape index (κ1) is 18.7. The largest absolute Gasteiger partial charge is 0.369 e. The highest BCUT2D eigenvalue weighted by Crippen LogP contribution is 2.38. The molecule has 0 aliphatic carbocycles. The number of pyridine rings is 1. The number of nitrogens with two attached hydrogens (primary N) is 1. The summed E-state index contributed by atoms with van der Waals surface area (Å²) in [6.07, 6.45) is 5.26. The molecule has 2 N–H and O–H groups in total. The minimum Gasteiger partial charge on any atom is -0.369 e. The van der Waals surface area contributed by atoms with Crippen LogP contribution in [0.2, 0.25) is 0 Å². The van der Waals surface area contributed by atoms with Crippen molar-refractivity contribution < 1.29 is 4.79 Å². The number of carbonyl (C=O) groups is 1. The van der Waals surface area contributed by atoms with Gasteiger partial charge in [0, 0.05) is 35.9 Å². The average molecular weight is 416 g/mol. The SMILES string of the molecule is NC(=O)C1CCCN(c2nc(-c3cccnc3)nc3sc(-c4ccccc4)cc23)C1. The number of hydrogen-bond donors (Lipinski definition) is 1. The van der Waals surface area contributed by atoms with E-state index in [1.165, 1.54) is 0 Å². The smallest absolute Gasteiger partial charge is 0.222 e. The van der Waals surface area contributed by atoms with Crippen molar-refractivity contribution in [3.05, 3.63) is 60.9 Å². The summed E-state index contributed by atoms with van der Waals surface area (Å²) < 4.78 is 0. The van der Waals surface area contributed by atoms with Gasteiger partial charge in [0.15, 0.2) is 5.82 Å². The number of amides is 1. The van der Waals surface area contributed by atoms with Crippen molar-refractivity contribution in [2.45, 2.75) is 12.8 Å². The molecule has 7 heteroatoms. The number of piperidine rings is 1. The van der Waals surface area contributed by atoms with Crippen LogP contribution in [0.3, 0.4) is 0 Å². The van der Waals surface area contributed by atoms with Gasteiger partial charge in [-0.2, -0.15) is 0 Å². The number of primary amides is 1. The van der Waals surface area contributed by atoms with Gasteiger partial charge in [0.2, 0.25) is 5.91 Å². The van der Waals surface area contributed by atoms with Gasteiger partial charge in [0.25, 0.3) is 0 Å². The highest BCUT2D eigenvalue weighted by atomic mass is 32.1. The number of aromatic nitrogens is 3. The van der Waals surface area contributed by atoms with Gasteiger partial charge in [-0.05, 0) is 36.6 Å². The monoisotopic (exact) mass is 415 g/mol. The Bertz CT molecular complexity index is 1190. The van der Waals surface area contributed by atoms with E-state index >= 15 is 0 Å². The van der Waals surface area contributed by atoms with Crippen LogP contribution < -0.4 is 10.6 Å². The molecule has 6 nitrogen and oxygen atoms in total. The Balaban J connectivity index is 1.66. The average Bonchev–Trinajstić information content (AvgIpc) is 3.24. The van der Waals surface area contributed by atoms with Crippen molar-refractivity contribution in [3.8, 4) is 21.8 Å². The van der Waals surface area contributed by atoms with E-state index in [1.807, 2.05) is 30.3 Å². The molecule has 5 rings (SSSR count). The van der Waals surface area contributed by atoms with Crippen molar-refractivity contribution >= 4 is 33.3 Å². The van der Waals surface area contributed by atoms with Gasteiger partial charge < -0.3 is 10.6 Å². The summed E-state index contributed by atoms with van der Waals surface area (Å²) in [6, 6.07) is 16.3. The molecular formula is C23H21N5OS. The predicted octanol–water partition coefficient (Wildman–Crippen LogP) is 4.12. The second kappa shape index (κ2) is 7.84. The Kier molecular flexibility index (Phi) is 4.88. The van der Waals surface area contributed by atoms with Crippen LogP contribution in [-0.4, -0.2) is 33.9 Å². The van der Waals surface area contributed by atoms with Gasteiger partial charge in [-0.3, -0.25) is 9.78 Å². The molecule has 1 saturated heterocycles. The number of hydrogen-bond acceptors (Lipinski definition) is 6. The van der Waals surface area contributed by atoms with Crippen molar-refractivity contribution in [2.24, 2.45) is 11.7 Å². The lowest BCUT2D eigenvalue weighted by Gasteiger charge is -2.32. The molecule has 4 heterocycles. The lowest BCUT2D eigenvalue weighted by molar-refractivity contribution is -0.122. The fraction of sp³-hybridized carbons (Fsp3) is 0.217. The third kappa shape index (κ3) is 3.52. The number of rotatable bonds is 4. The maximum atomic E-state index is 11.8. The van der Waals surface area contributed by atoms with Crippen LogP contribution >= 0.6 is 11.3 Å². The van der Waals surface area contributed by atoms with Crippen molar-refractivity contribution in [1.82, 2.24) is 15.0 Å². The third-order valence-corrected chi connectivity index (χ3v) is 6.55. The molecule has 0 bridgehead atoms. The van der Waals surface area contributed by atoms with E-state index in [2.05, 4.69) is 28.1 Å². The number of fused-ring (bicyclic) bond motifs is 1. The number of thiophene rings is 1. The van der Waals surface area contributed by atoms with E-state index < -0.39 is 0 Å². The summed E-state index contributed by atoms with van der Waals surface area (Å²) in [4.78, 5) is 30.1. The summed E-state index contributed by atoms with van der Waals surface area (Å²) in [6.45, 7) is 1.43. The first-order chi connectivity index (χ1) is 14.7. The maximum absolute atomic E-state index is 11.8. The highest BCUT2D eigenvalue weighted by molar-refractivity contribution is 7.22. The van der Waals surface area contributed by atoms with Gasteiger partial charge in [-0.15, -0.1) is 11.3 Å². The van der Waals surface area contributed by atoms with Crippen LogP contribution in [0.1, 0.15) is 12.8 Å². The van der Waals surface area contributed by atoms with Gasteiger partial charge in [-0.1, -0.05) is 30.3 Å². The summed E-state index contributed by atoms with van der Waals surface area (Å²) in [5.41, 5.74) is 7.65. The molecule has 150 valence electrons. The molecule has 0 radical (unpaired) electrons. The van der Waals surface area contributed by atoms with E-state index in [0.29, 0.717) is 12.4 Å². The lowest BCUT2D eigenvalue weighted by atomic mass is 9.97. The van der Waals surface area contributed by atoms with E-state index in [-0.39, 0.29) is 11.8 Å². The minimum atomic E-state index is -0.243. The van der Waals surface area contributed by atoms with Gasteiger partial charge in [-0.25, -0.2) is 9.97 Å². The zero-order valence-electron chi connectivity index (χ0n) is 16.4. The van der Waals surface area contributed by atoms with E-state index in [4.69, 9.17) is 15.7 Å². The fourth-order valence-corrected chi connectivity index (χ4v) is 4.95. The number of nitrogens with zero attached hydrogens (tertiary/aromatic N) is 4. The Hall–Kier alpha value is -3.32. The molecule has 0 spiro atoms. The van der Waals surface area contributed by atoms with Crippen LogP contribution in [0.5, 0.6) is 0 Å². The number of benzene rings is 1. The van der Waals surface area contributed by atoms with Crippen molar-refractivity contribution in [2.75, 3.05) is 18.0 Å². The van der Waals surface area contributed by atoms with Gasteiger partial charge in [0.05, 0.1) is 11.3 Å². The summed E-state index contributed by atoms with van der Waals surface area (Å²) in [5.74, 6) is 1.11. The standard InChI is InChI=1S/C23H21N5OS/c24-20(29)17-9-5-11-28(14-17)22-18-12-19(15-6-2-1-3-7-15)30-23(18)27-21(26-22)16-8-4-10-25-13-16/h1-4,6-8,10,12-13,17H,5,9,11,14H2,(H2,24,29). The van der Waals surface area contributed by atoms with Gasteiger partial charge >= 0.3 is 0 Å². The molecule has 4 aromatic rings. The molecule has 1 atom stereocenters. The van der Waals surface area contributed by atoms with Crippen LogP contribution in [0.4, 0.5) is 5.82 Å². The molecule has 3 aromatic heterocycles. The molecule has 1 amide bonds. The van der Waals surface area contributed by atoms with Crippen molar-refractivity contribution in [1.29, 1.82) is 0 Å². The van der Waals surface area contributed by atoms with Crippen LogP contribution in [0, 0.1) is 5.92 Å². The fourth-order valence-electron chi connectivity index (χ4n) is 3.92. The summed E-state index contributed by atoms with van der Waals surface area (Å²) in [5, 5.41) is 1.01. The summed E-state index contributed by atoms with van der Waals surface area (Å²) >= 11 is 1.65. The minimum absolute atomic E-state index is 0.155. The third-order valence-electron chi connectivity index (χ3n) is 5.47. The summed E-state index contributed by atoms with van der Waals surface area (Å²) in [7, 11) is 0. The van der Waals surface area contributed by atoms with Crippen LogP contribution in [0.15, 0.2) is 60.9 Å². The first-order valence-electron chi connectivity index (χ1n) is 10.0. The highest BCUT2D eigenvalue weighted by Gasteiger charge is 2.27. The predicted molar refractivity (Wildman–Crippen MR) is 120 cm³/mol. The maximum Gasteiger partial charge on any atom is 0.222 e. The molecule has 1 aromatic carbocycles. The van der Waals surface area contributed by atoms with E-state index in [1.54, 1.807) is 23.7 Å². The second-order valence-corrected chi connectivity index (χ2v) is 8.53. The van der Waals surface area contributed by atoms with Crippen LogP contribution in [-0.2, 0) is 4.79 Å². The molecular weight excluding hydrogens is 394 g/mol. The zero-order valence-corrected chi connectivity index (χ0v) is 17.2. The Morgan fingerprint density at radius 3 is 2.70 bits per heavy atom. The molecule has 1 aliphatic rings. The topological polar surface area (TPSA) is 85.0 Å². The van der Waals surface area contributed by atoms with Crippen molar-refractivity contribution in [3.63, 3.8) is 0 Å². The second-order valence-electron chi connectivity index (χ2n) is 7.50. The molecule has 1 aliphatic heterocycles. The first-order valence-corrected chi connectivity index (χ1v) is 10.8. The molecule has 1 unspecified atom stereocenters. The quantitative estimate of drug-likeness (QED) is 0.542. The van der Waals surface area contributed by atoms with E-state index in [0.717, 1.165) is 51.4 Å². The van der Waals surface area contributed by atoms with Crippen LogP contribution in [0.25, 0.3) is 32.0 Å². The molecule has 0 saturated carbocycles. The number of anilines is 1. The normalized spacial score (nSPS) is 16.7. The Morgan fingerprint density at radius 1 is 1.10 bits per heavy atom. The number of carbonyl (C=O) groups excluding carboxylic acids is 1. The van der Waals surface area contributed by atoms with E-state index in [9.17, 15) is 4.79 Å². The zero-order chi connectivity index (χ0) is 20.5. The van der Waals surface area contributed by atoms with Gasteiger partial charge in [0.1, 0.15) is 10.6 Å². The molecule has 30 heavy (non-hydrogen) atoms. The molecule has 1 fully saturated rings. The Labute approximate surface area is 178 Å². The lowest BCUT2D eigenvalue weighted by Crippen LogP contribution is -2.41. The Morgan fingerprint density at radius 2 is 1.93 bits per heavy atom.